The fraction of sp³-hybridized carbons (Fsp3) is 0.409. The number of nitrogens with one attached hydrogen (secondary N) is 1. The number of ketones is 2. The third-order valence-corrected chi connectivity index (χ3v) is 6.28. The van der Waals surface area contributed by atoms with E-state index in [0.29, 0.717) is 12.2 Å². The summed E-state index contributed by atoms with van der Waals surface area (Å²) in [5, 5.41) is 14.1. The summed E-state index contributed by atoms with van der Waals surface area (Å²) in [6, 6.07) is 9.21. The highest BCUT2D eigenvalue weighted by molar-refractivity contribution is 6.23. The lowest BCUT2D eigenvalue weighted by Gasteiger charge is -2.44. The molecular formula is C22H23N2O5+. The number of allylic oxidation sites excluding steroid dienone is 1. The standard InChI is InChI=1S/C22H22N2O5/c25-16-10-6-9-15-18(24-11-4-5-12-24)19-17(20(26)22(15,16)27)21(23-29-19)28-13-14-7-2-1-3-8-14/h1-3,6-8,10,15,18,27H,4-5,9,11-13H2/p+1/t15?,18-,22-/m0/s1. The summed E-state index contributed by atoms with van der Waals surface area (Å²) in [7, 11) is 0. The Kier molecular flexibility index (Phi) is 4.37. The van der Waals surface area contributed by atoms with Crippen molar-refractivity contribution in [2.75, 3.05) is 13.1 Å². The van der Waals surface area contributed by atoms with Crippen LogP contribution < -0.4 is 9.89 Å². The molecular weight excluding hydrogens is 372 g/mol. The van der Waals surface area contributed by atoms with Crippen LogP contribution in [-0.4, -0.2) is 40.3 Å². The number of H-pyrrole nitrogens is 1. The van der Waals surface area contributed by atoms with Crippen molar-refractivity contribution in [3.8, 4) is 5.88 Å². The molecule has 7 heteroatoms. The molecule has 0 saturated carbocycles. The molecule has 2 N–H and O–H groups in total. The molecule has 1 aromatic carbocycles. The molecule has 1 unspecified atom stereocenters. The van der Waals surface area contributed by atoms with Crippen LogP contribution in [0.2, 0.25) is 0 Å². The summed E-state index contributed by atoms with van der Waals surface area (Å²) in [4.78, 5) is 28.2. The van der Waals surface area contributed by atoms with E-state index in [1.165, 1.54) is 6.08 Å². The van der Waals surface area contributed by atoms with E-state index >= 15 is 0 Å². The van der Waals surface area contributed by atoms with Crippen LogP contribution in [-0.2, 0) is 11.4 Å². The smallest absolute Gasteiger partial charge is 0.424 e. The van der Waals surface area contributed by atoms with Crippen LogP contribution in [0.4, 0.5) is 0 Å². The highest BCUT2D eigenvalue weighted by Gasteiger charge is 2.63. The number of hydrogen-bond acceptors (Lipinski definition) is 6. The second-order valence-corrected chi connectivity index (χ2v) is 7.94. The van der Waals surface area contributed by atoms with Crippen LogP contribution in [0, 0.1) is 5.92 Å². The first-order valence-electron chi connectivity index (χ1n) is 10.0. The SMILES string of the molecule is O=C1C=CCC2[C@H](N3CCCC3)c3o[nH+]c(OCc4ccccc4)c3C(=O)[C@@]12O. The third-order valence-electron chi connectivity index (χ3n) is 6.28. The topological polar surface area (TPSA) is 94.1 Å². The molecule has 1 aliphatic heterocycles. The number of rotatable bonds is 4. The van der Waals surface area contributed by atoms with Gasteiger partial charge in [0.15, 0.2) is 16.9 Å². The van der Waals surface area contributed by atoms with Gasteiger partial charge in [-0.25, -0.2) is 4.52 Å². The molecule has 150 valence electrons. The van der Waals surface area contributed by atoms with E-state index in [4.69, 9.17) is 9.26 Å². The lowest BCUT2D eigenvalue weighted by atomic mass is 9.65. The van der Waals surface area contributed by atoms with Crippen molar-refractivity contribution >= 4 is 11.6 Å². The second kappa shape index (κ2) is 6.93. The number of aliphatic hydroxyl groups is 1. The molecule has 7 nitrogen and oxygen atoms in total. The molecule has 2 heterocycles. The second-order valence-electron chi connectivity index (χ2n) is 7.94. The molecule has 1 aromatic heterocycles. The molecule has 3 aliphatic rings. The maximum Gasteiger partial charge on any atom is 0.424 e. The summed E-state index contributed by atoms with van der Waals surface area (Å²) < 4.78 is 11.6. The molecule has 2 aliphatic carbocycles. The monoisotopic (exact) mass is 395 g/mol. The van der Waals surface area contributed by atoms with Crippen LogP contribution >= 0.6 is 0 Å². The number of fused-ring (bicyclic) bond motifs is 2. The highest BCUT2D eigenvalue weighted by atomic mass is 16.5. The van der Waals surface area contributed by atoms with E-state index in [0.717, 1.165) is 31.5 Å². The average Bonchev–Trinajstić information content (AvgIpc) is 3.40. The van der Waals surface area contributed by atoms with Gasteiger partial charge in [-0.3, -0.25) is 14.5 Å². The predicted octanol–water partition coefficient (Wildman–Crippen LogP) is 1.88. The zero-order chi connectivity index (χ0) is 20.0. The fourth-order valence-electron chi connectivity index (χ4n) is 4.82. The van der Waals surface area contributed by atoms with E-state index in [1.807, 2.05) is 30.3 Å². The summed E-state index contributed by atoms with van der Waals surface area (Å²) >= 11 is 0. The molecule has 2 aromatic rings. The fourth-order valence-corrected chi connectivity index (χ4v) is 4.82. The molecule has 0 amide bonds. The first-order chi connectivity index (χ1) is 14.1. The third kappa shape index (κ3) is 2.76. The Morgan fingerprint density at radius 2 is 1.97 bits per heavy atom. The van der Waals surface area contributed by atoms with Crippen molar-refractivity contribution in [2.45, 2.75) is 37.5 Å². The molecule has 3 atom stereocenters. The molecule has 1 fully saturated rings. The van der Waals surface area contributed by atoms with Crippen molar-refractivity contribution in [3.63, 3.8) is 0 Å². The van der Waals surface area contributed by atoms with E-state index in [-0.39, 0.29) is 24.1 Å². The summed E-state index contributed by atoms with van der Waals surface area (Å²) in [6.45, 7) is 1.91. The van der Waals surface area contributed by atoms with Crippen molar-refractivity contribution in [2.24, 2.45) is 5.92 Å². The molecule has 5 rings (SSSR count). The maximum absolute atomic E-state index is 13.4. The summed E-state index contributed by atoms with van der Waals surface area (Å²) in [5.74, 6) is -1.16. The van der Waals surface area contributed by atoms with E-state index < -0.39 is 23.1 Å². The van der Waals surface area contributed by atoms with Crippen molar-refractivity contribution in [1.29, 1.82) is 0 Å². The number of likely N-dealkylation sites (tertiary alicyclic amines) is 1. The summed E-state index contributed by atoms with van der Waals surface area (Å²) in [6.07, 6.45) is 5.57. The van der Waals surface area contributed by atoms with E-state index in [1.54, 1.807) is 6.08 Å². The van der Waals surface area contributed by atoms with Gasteiger partial charge in [0.25, 0.3) is 0 Å². The van der Waals surface area contributed by atoms with Crippen LogP contribution in [0.15, 0.2) is 47.0 Å². The normalized spacial score (nSPS) is 29.0. The minimum Gasteiger partial charge on any atom is -0.436 e. The Bertz CT molecular complexity index is 976. The Morgan fingerprint density at radius 1 is 1.21 bits per heavy atom. The van der Waals surface area contributed by atoms with Gasteiger partial charge in [-0.1, -0.05) is 36.4 Å². The quantitative estimate of drug-likeness (QED) is 0.795. The molecule has 0 spiro atoms. The molecule has 0 bridgehead atoms. The van der Waals surface area contributed by atoms with E-state index in [9.17, 15) is 14.7 Å². The minimum atomic E-state index is -2.09. The van der Waals surface area contributed by atoms with Gasteiger partial charge in [0.05, 0.1) is 6.04 Å². The Balaban J connectivity index is 1.56. The number of aromatic nitrogens is 1. The van der Waals surface area contributed by atoms with Gasteiger partial charge in [-0.05, 0) is 44.0 Å². The number of Topliss-reactive ketones (excluding diaryl/α,β-unsaturated/α-hetero) is 1. The lowest BCUT2D eigenvalue weighted by molar-refractivity contribution is -0.617. The minimum absolute atomic E-state index is 0.153. The first kappa shape index (κ1) is 18.3. The number of ether oxygens (including phenoxy) is 1. The average molecular weight is 395 g/mol. The van der Waals surface area contributed by atoms with Gasteiger partial charge >= 0.3 is 5.88 Å². The zero-order valence-corrected chi connectivity index (χ0v) is 16.0. The number of nitrogens with zero attached hydrogens (tertiary/aromatic N) is 1. The van der Waals surface area contributed by atoms with E-state index in [2.05, 4.69) is 10.1 Å². The highest BCUT2D eigenvalue weighted by Crippen LogP contribution is 2.50. The van der Waals surface area contributed by atoms with Crippen molar-refractivity contribution < 1.29 is 29.1 Å². The van der Waals surface area contributed by atoms with Crippen LogP contribution in [0.5, 0.6) is 5.88 Å². The Labute approximate surface area is 167 Å². The zero-order valence-electron chi connectivity index (χ0n) is 16.0. The summed E-state index contributed by atoms with van der Waals surface area (Å²) in [5.41, 5.74) is -0.999. The van der Waals surface area contributed by atoms with Crippen LogP contribution in [0.1, 0.15) is 47.0 Å². The van der Waals surface area contributed by atoms with Gasteiger partial charge in [-0.2, -0.15) is 0 Å². The largest absolute Gasteiger partial charge is 0.436 e. The van der Waals surface area contributed by atoms with Crippen molar-refractivity contribution in [3.05, 3.63) is 59.4 Å². The van der Waals surface area contributed by atoms with Gasteiger partial charge in [-0.15, -0.1) is 0 Å². The van der Waals surface area contributed by atoms with Gasteiger partial charge < -0.3 is 9.84 Å². The van der Waals surface area contributed by atoms with Gasteiger partial charge in [0.2, 0.25) is 11.5 Å². The molecule has 0 radical (unpaired) electrons. The number of benzene rings is 1. The van der Waals surface area contributed by atoms with Crippen LogP contribution in [0.3, 0.4) is 0 Å². The molecule has 1 saturated heterocycles. The number of carbonyl (C=O) groups excluding carboxylic acids is 2. The number of carbonyl (C=O) groups is 2. The lowest BCUT2D eigenvalue weighted by Crippen LogP contribution is -2.60. The van der Waals surface area contributed by atoms with Crippen LogP contribution in [0.25, 0.3) is 0 Å². The molecule has 29 heavy (non-hydrogen) atoms. The Morgan fingerprint density at radius 3 is 2.72 bits per heavy atom. The predicted molar refractivity (Wildman–Crippen MR) is 101 cm³/mol. The first-order valence-corrected chi connectivity index (χ1v) is 10.0. The Hall–Kier alpha value is -2.77. The maximum atomic E-state index is 13.4. The number of aromatic amines is 1. The van der Waals surface area contributed by atoms with Crippen molar-refractivity contribution in [1.82, 2.24) is 4.90 Å². The number of hydrogen-bond donors (Lipinski definition) is 1. The van der Waals surface area contributed by atoms with Gasteiger partial charge in [0, 0.05) is 11.1 Å². The van der Waals surface area contributed by atoms with Gasteiger partial charge in [0.1, 0.15) is 6.61 Å².